The number of thiazole rings is 1. The fraction of sp³-hybridized carbons (Fsp3) is 0.387. The van der Waals surface area contributed by atoms with Gasteiger partial charge in [-0.2, -0.15) is 26.3 Å². The van der Waals surface area contributed by atoms with Crippen LogP contribution in [-0.4, -0.2) is 41.3 Å². The molecule has 13 heteroatoms. The number of amides is 2. The molecule has 2 heterocycles. The standard InChI is InChI=1S/C31H30F6N4O2S/c1-19(42)39-28-40-26(18-44-28)24(7-11-41-12-9-29(10-13-41)8-6-21-4-2-3-5-25(21)29)27(43)38-17-20-14-22(30(32,33)34)16-23(15-20)31(35,36)37/h2-6,8,14-16,18,24H,7,9-13,17H2,1H3,(H,38,43)(H,39,40,42)/t24-/m0/s1. The van der Waals surface area contributed by atoms with Crippen LogP contribution in [0.15, 0.2) is 53.9 Å². The van der Waals surface area contributed by atoms with Gasteiger partial charge in [0.25, 0.3) is 0 Å². The molecule has 1 aliphatic carbocycles. The molecule has 1 spiro atoms. The minimum atomic E-state index is -4.99. The molecule has 2 N–H and O–H groups in total. The Kier molecular flexibility index (Phi) is 8.90. The number of anilines is 1. The molecule has 1 aliphatic heterocycles. The van der Waals surface area contributed by atoms with Gasteiger partial charge in [-0.3, -0.25) is 9.59 Å². The fourth-order valence-electron chi connectivity index (χ4n) is 5.86. The fourth-order valence-corrected chi connectivity index (χ4v) is 6.67. The van der Waals surface area contributed by atoms with Crippen LogP contribution in [0.4, 0.5) is 31.5 Å². The van der Waals surface area contributed by atoms with Crippen LogP contribution >= 0.6 is 11.3 Å². The zero-order chi connectivity index (χ0) is 31.7. The number of halogens is 6. The Hall–Kier alpha value is -3.71. The van der Waals surface area contributed by atoms with Crippen LogP contribution in [-0.2, 0) is 33.9 Å². The van der Waals surface area contributed by atoms with E-state index in [2.05, 4.69) is 44.8 Å². The number of alkyl halides is 6. The molecule has 2 amide bonds. The SMILES string of the molecule is CC(=O)Nc1nc([C@H](CCN2CCC3(C=Cc4ccccc43)CC2)C(=O)NCc2cc(C(F)(F)F)cc(C(F)(F)F)c2)cs1. The molecule has 0 unspecified atom stereocenters. The van der Waals surface area contributed by atoms with Gasteiger partial charge in [0.15, 0.2) is 5.13 Å². The zero-order valence-corrected chi connectivity index (χ0v) is 24.5. The lowest BCUT2D eigenvalue weighted by atomic mass is 9.74. The number of fused-ring (bicyclic) bond motifs is 2. The number of nitrogens with one attached hydrogen (secondary N) is 2. The molecule has 5 rings (SSSR count). The van der Waals surface area contributed by atoms with E-state index in [0.29, 0.717) is 30.8 Å². The Morgan fingerprint density at radius 3 is 2.32 bits per heavy atom. The van der Waals surface area contributed by atoms with Gasteiger partial charge in [-0.05, 0) is 73.8 Å². The molecule has 6 nitrogen and oxygen atoms in total. The highest BCUT2D eigenvalue weighted by atomic mass is 32.1. The third kappa shape index (κ3) is 7.15. The van der Waals surface area contributed by atoms with E-state index in [-0.39, 0.29) is 28.1 Å². The predicted octanol–water partition coefficient (Wildman–Crippen LogP) is 6.99. The third-order valence-electron chi connectivity index (χ3n) is 8.15. The molecule has 0 bridgehead atoms. The smallest absolute Gasteiger partial charge is 0.351 e. The number of hydrogen-bond donors (Lipinski definition) is 2. The highest BCUT2D eigenvalue weighted by Gasteiger charge is 2.39. The van der Waals surface area contributed by atoms with Gasteiger partial charge in [-0.15, -0.1) is 11.3 Å². The van der Waals surface area contributed by atoms with Crippen molar-refractivity contribution >= 4 is 34.4 Å². The number of nitrogens with zero attached hydrogens (tertiary/aromatic N) is 2. The molecule has 44 heavy (non-hydrogen) atoms. The number of rotatable bonds is 8. The minimum Gasteiger partial charge on any atom is -0.351 e. The molecule has 1 aromatic heterocycles. The minimum absolute atomic E-state index is 0.0216. The van der Waals surface area contributed by atoms with E-state index in [1.54, 1.807) is 5.38 Å². The van der Waals surface area contributed by atoms with Gasteiger partial charge < -0.3 is 15.5 Å². The molecule has 1 saturated heterocycles. The maximum Gasteiger partial charge on any atom is 0.416 e. The number of likely N-dealkylation sites (tertiary alicyclic amines) is 1. The van der Waals surface area contributed by atoms with Crippen LogP contribution in [0.3, 0.4) is 0 Å². The molecule has 2 aliphatic rings. The Balaban J connectivity index is 1.29. The van der Waals surface area contributed by atoms with Gasteiger partial charge in [-0.25, -0.2) is 4.98 Å². The number of piperidine rings is 1. The first-order valence-electron chi connectivity index (χ1n) is 14.0. The summed E-state index contributed by atoms with van der Waals surface area (Å²) in [4.78, 5) is 31.5. The average Bonchev–Trinajstić information content (AvgIpc) is 3.56. The van der Waals surface area contributed by atoms with Crippen molar-refractivity contribution in [3.63, 3.8) is 0 Å². The zero-order valence-electron chi connectivity index (χ0n) is 23.7. The Morgan fingerprint density at radius 1 is 1.02 bits per heavy atom. The molecule has 2 aromatic carbocycles. The van der Waals surface area contributed by atoms with Crippen molar-refractivity contribution < 1.29 is 35.9 Å². The van der Waals surface area contributed by atoms with Crippen molar-refractivity contribution in [1.82, 2.24) is 15.2 Å². The van der Waals surface area contributed by atoms with Crippen molar-refractivity contribution in [3.8, 4) is 0 Å². The van der Waals surface area contributed by atoms with Gasteiger partial charge in [0, 0.05) is 24.3 Å². The van der Waals surface area contributed by atoms with Crippen molar-refractivity contribution in [2.24, 2.45) is 0 Å². The summed E-state index contributed by atoms with van der Waals surface area (Å²) in [5.74, 6) is -1.77. The van der Waals surface area contributed by atoms with Crippen molar-refractivity contribution in [2.45, 2.75) is 56.4 Å². The molecule has 0 saturated carbocycles. The molecule has 1 atom stereocenters. The lowest BCUT2D eigenvalue weighted by Crippen LogP contribution is -2.42. The van der Waals surface area contributed by atoms with E-state index in [1.165, 1.54) is 18.1 Å². The highest BCUT2D eigenvalue weighted by Crippen LogP contribution is 2.44. The number of carbonyl (C=O) groups excluding carboxylic acids is 2. The van der Waals surface area contributed by atoms with E-state index >= 15 is 0 Å². The second-order valence-electron chi connectivity index (χ2n) is 11.2. The second-order valence-corrected chi connectivity index (χ2v) is 12.0. The summed E-state index contributed by atoms with van der Waals surface area (Å²) in [6.45, 7) is 2.87. The van der Waals surface area contributed by atoms with Crippen LogP contribution in [0.2, 0.25) is 0 Å². The summed E-state index contributed by atoms with van der Waals surface area (Å²) in [6, 6.07) is 9.56. The van der Waals surface area contributed by atoms with Crippen molar-refractivity contribution in [1.29, 1.82) is 0 Å². The largest absolute Gasteiger partial charge is 0.416 e. The van der Waals surface area contributed by atoms with Gasteiger partial charge >= 0.3 is 12.4 Å². The molecule has 0 radical (unpaired) electrons. The van der Waals surface area contributed by atoms with Crippen LogP contribution in [0.5, 0.6) is 0 Å². The normalized spacial score (nSPS) is 17.0. The summed E-state index contributed by atoms with van der Waals surface area (Å²) in [5, 5.41) is 6.99. The summed E-state index contributed by atoms with van der Waals surface area (Å²) in [5.41, 5.74) is -0.357. The molecular formula is C31H30F6N4O2S. The average molecular weight is 637 g/mol. The van der Waals surface area contributed by atoms with E-state index in [4.69, 9.17) is 0 Å². The molecular weight excluding hydrogens is 606 g/mol. The summed E-state index contributed by atoms with van der Waals surface area (Å²) in [6.07, 6.45) is -3.45. The lowest BCUT2D eigenvalue weighted by molar-refractivity contribution is -0.143. The monoisotopic (exact) mass is 636 g/mol. The summed E-state index contributed by atoms with van der Waals surface area (Å²) >= 11 is 1.12. The van der Waals surface area contributed by atoms with E-state index in [9.17, 15) is 35.9 Å². The quantitative estimate of drug-likeness (QED) is 0.262. The van der Waals surface area contributed by atoms with Gasteiger partial charge in [0.05, 0.1) is 22.7 Å². The number of benzene rings is 2. The third-order valence-corrected chi connectivity index (χ3v) is 8.93. The maximum atomic E-state index is 13.4. The topological polar surface area (TPSA) is 74.3 Å². The molecule has 234 valence electrons. The van der Waals surface area contributed by atoms with Gasteiger partial charge in [-0.1, -0.05) is 36.4 Å². The predicted molar refractivity (Wildman–Crippen MR) is 155 cm³/mol. The van der Waals surface area contributed by atoms with Crippen molar-refractivity contribution in [3.05, 3.63) is 87.4 Å². The Bertz CT molecular complexity index is 1520. The second kappa shape index (κ2) is 12.4. The maximum absolute atomic E-state index is 13.4. The van der Waals surface area contributed by atoms with Crippen LogP contribution in [0.25, 0.3) is 6.08 Å². The first-order chi connectivity index (χ1) is 20.7. The number of hydrogen-bond acceptors (Lipinski definition) is 5. The molecule has 1 fully saturated rings. The molecule has 3 aromatic rings. The first-order valence-corrected chi connectivity index (χ1v) is 14.9. The highest BCUT2D eigenvalue weighted by molar-refractivity contribution is 7.14. The van der Waals surface area contributed by atoms with Crippen molar-refractivity contribution in [2.75, 3.05) is 25.0 Å². The van der Waals surface area contributed by atoms with E-state index in [0.717, 1.165) is 37.3 Å². The van der Waals surface area contributed by atoms with E-state index < -0.39 is 41.8 Å². The Morgan fingerprint density at radius 2 is 1.68 bits per heavy atom. The van der Waals surface area contributed by atoms with Gasteiger partial charge in [0.1, 0.15) is 0 Å². The first kappa shape index (κ1) is 31.7. The number of carbonyl (C=O) groups is 2. The lowest BCUT2D eigenvalue weighted by Gasteiger charge is -2.39. The van der Waals surface area contributed by atoms with Crippen LogP contribution in [0, 0.1) is 0 Å². The van der Waals surface area contributed by atoms with E-state index in [1.807, 2.05) is 12.1 Å². The van der Waals surface area contributed by atoms with Crippen LogP contribution in [0.1, 0.15) is 65.6 Å². The number of aromatic nitrogens is 1. The summed E-state index contributed by atoms with van der Waals surface area (Å²) in [7, 11) is 0. The van der Waals surface area contributed by atoms with Gasteiger partial charge in [0.2, 0.25) is 11.8 Å². The number of allylic oxidation sites excluding steroid dienone is 1. The van der Waals surface area contributed by atoms with Crippen LogP contribution < -0.4 is 10.6 Å². The Labute approximate surface area is 254 Å². The summed E-state index contributed by atoms with van der Waals surface area (Å²) < 4.78 is 79.9.